The van der Waals surface area contributed by atoms with E-state index in [9.17, 15) is 5.11 Å². The SMILES string of the molecule is Oc1ccc2c(c1)C13Cc4nc5ccccc5cc4CC14CN(CCc1ccccc1)CC43C2. The minimum absolute atomic E-state index is 0.125. The van der Waals surface area contributed by atoms with Crippen molar-refractivity contribution in [1.29, 1.82) is 0 Å². The average molecular weight is 445 g/mol. The Bertz CT molecular complexity index is 1480. The number of hydrogen-bond acceptors (Lipinski definition) is 3. The molecule has 2 fully saturated rings. The third-order valence-electron chi connectivity index (χ3n) is 9.90. The van der Waals surface area contributed by atoms with Crippen LogP contribution in [0.3, 0.4) is 0 Å². The normalized spacial score (nSPS) is 30.4. The van der Waals surface area contributed by atoms with E-state index in [2.05, 4.69) is 77.7 Å². The lowest BCUT2D eigenvalue weighted by Gasteiger charge is -2.36. The van der Waals surface area contributed by atoms with Crippen LogP contribution in [0.1, 0.15) is 27.9 Å². The molecule has 34 heavy (non-hydrogen) atoms. The van der Waals surface area contributed by atoms with Crippen LogP contribution in [-0.4, -0.2) is 34.6 Å². The highest BCUT2D eigenvalue weighted by molar-refractivity contribution is 5.80. The first-order chi connectivity index (χ1) is 16.6. The van der Waals surface area contributed by atoms with Gasteiger partial charge >= 0.3 is 0 Å². The number of rotatable bonds is 3. The topological polar surface area (TPSA) is 36.4 Å². The molecule has 168 valence electrons. The molecular weight excluding hydrogens is 416 g/mol. The smallest absolute Gasteiger partial charge is 0.115 e. The van der Waals surface area contributed by atoms with Gasteiger partial charge in [-0.2, -0.15) is 0 Å². The summed E-state index contributed by atoms with van der Waals surface area (Å²) in [4.78, 5) is 7.92. The van der Waals surface area contributed by atoms with E-state index in [1.165, 1.54) is 33.3 Å². The number of piperidine rings is 1. The molecule has 1 saturated heterocycles. The summed E-state index contributed by atoms with van der Waals surface area (Å²) in [7, 11) is 0. The molecule has 8 rings (SSSR count). The van der Waals surface area contributed by atoms with E-state index in [0.717, 1.165) is 50.8 Å². The van der Waals surface area contributed by atoms with Crippen molar-refractivity contribution in [3.63, 3.8) is 0 Å². The predicted octanol–water partition coefficient (Wildman–Crippen LogP) is 5.08. The highest BCUT2D eigenvalue weighted by Crippen LogP contribution is 2.88. The molecule has 0 bridgehead atoms. The van der Waals surface area contributed by atoms with Crippen molar-refractivity contribution >= 4 is 10.9 Å². The van der Waals surface area contributed by atoms with Gasteiger partial charge in [0, 0.05) is 53.4 Å². The van der Waals surface area contributed by atoms with Crippen LogP contribution in [0.15, 0.2) is 78.9 Å². The van der Waals surface area contributed by atoms with E-state index < -0.39 is 0 Å². The van der Waals surface area contributed by atoms with Crippen LogP contribution < -0.4 is 0 Å². The Morgan fingerprint density at radius 1 is 0.794 bits per heavy atom. The number of phenols is 1. The van der Waals surface area contributed by atoms with E-state index in [1.54, 1.807) is 0 Å². The standard InChI is InChI=1S/C31H28N2O/c34-25-11-10-23-16-29-19-33(13-12-21-6-2-1-3-7-21)20-30(29)17-24-14-22-8-4-5-9-27(22)32-28(24)18-31(29,30)26(23)15-25/h1-11,14-15,34H,12-13,16-20H2. The number of phenolic OH excluding ortho intramolecular Hbond substituents is 1. The maximum atomic E-state index is 10.5. The minimum atomic E-state index is 0.125. The molecule has 4 aromatic rings. The molecule has 0 amide bonds. The van der Waals surface area contributed by atoms with Gasteiger partial charge in [0.15, 0.2) is 0 Å². The summed E-state index contributed by atoms with van der Waals surface area (Å²) in [5.74, 6) is 0.406. The zero-order valence-corrected chi connectivity index (χ0v) is 19.3. The fourth-order valence-electron chi connectivity index (χ4n) is 8.64. The van der Waals surface area contributed by atoms with E-state index in [0.29, 0.717) is 5.75 Å². The van der Waals surface area contributed by atoms with Gasteiger partial charge in [0.05, 0.1) is 5.52 Å². The molecule has 3 heteroatoms. The lowest BCUT2D eigenvalue weighted by Crippen LogP contribution is -2.40. The molecule has 0 radical (unpaired) electrons. The van der Waals surface area contributed by atoms with Crippen molar-refractivity contribution in [1.82, 2.24) is 9.88 Å². The summed E-state index contributed by atoms with van der Waals surface area (Å²) in [6.45, 7) is 3.43. The van der Waals surface area contributed by atoms with Crippen LogP contribution in [0.4, 0.5) is 0 Å². The van der Waals surface area contributed by atoms with Crippen LogP contribution in [0.5, 0.6) is 5.75 Å². The number of hydrogen-bond donors (Lipinski definition) is 1. The molecule has 2 heterocycles. The fraction of sp³-hybridized carbons (Fsp3) is 0.323. The van der Waals surface area contributed by atoms with Gasteiger partial charge in [-0.1, -0.05) is 54.6 Å². The Labute approximate surface area is 200 Å². The molecule has 1 aliphatic heterocycles. The monoisotopic (exact) mass is 444 g/mol. The van der Waals surface area contributed by atoms with Crippen LogP contribution in [-0.2, 0) is 31.1 Å². The second kappa shape index (κ2) is 6.28. The van der Waals surface area contributed by atoms with Crippen molar-refractivity contribution in [3.8, 4) is 5.75 Å². The average Bonchev–Trinajstić information content (AvgIpc) is 3.06. The maximum absolute atomic E-state index is 10.5. The van der Waals surface area contributed by atoms with Gasteiger partial charge < -0.3 is 10.0 Å². The molecule has 3 aromatic carbocycles. The molecule has 3 spiro atoms. The van der Waals surface area contributed by atoms with E-state index in [-0.39, 0.29) is 16.2 Å². The fourth-order valence-corrected chi connectivity index (χ4v) is 8.64. The highest BCUT2D eigenvalue weighted by Gasteiger charge is 2.91. The summed E-state index contributed by atoms with van der Waals surface area (Å²) in [6.07, 6.45) is 4.36. The summed E-state index contributed by atoms with van der Waals surface area (Å²) in [5.41, 5.74) is 8.77. The van der Waals surface area contributed by atoms with Crippen LogP contribution in [0, 0.1) is 10.8 Å². The van der Waals surface area contributed by atoms with Crippen molar-refractivity contribution in [2.24, 2.45) is 10.8 Å². The molecule has 3 unspecified atom stereocenters. The number of para-hydroxylation sites is 1. The first-order valence-electron chi connectivity index (χ1n) is 12.6. The van der Waals surface area contributed by atoms with Gasteiger partial charge in [-0.05, 0) is 65.8 Å². The highest BCUT2D eigenvalue weighted by atomic mass is 16.3. The van der Waals surface area contributed by atoms with Crippen molar-refractivity contribution < 1.29 is 5.11 Å². The number of nitrogens with zero attached hydrogens (tertiary/aromatic N) is 2. The Hall–Kier alpha value is -3.17. The van der Waals surface area contributed by atoms with Gasteiger partial charge in [0.25, 0.3) is 0 Å². The summed E-state index contributed by atoms with van der Waals surface area (Å²) >= 11 is 0. The van der Waals surface area contributed by atoms with Gasteiger partial charge in [0.1, 0.15) is 5.75 Å². The Kier molecular flexibility index (Phi) is 3.54. The largest absolute Gasteiger partial charge is 0.508 e. The number of aromatic nitrogens is 1. The molecule has 3 nitrogen and oxygen atoms in total. The van der Waals surface area contributed by atoms with Crippen molar-refractivity contribution in [2.45, 2.75) is 31.1 Å². The lowest BCUT2D eigenvalue weighted by molar-refractivity contribution is 0.223. The molecule has 3 aliphatic carbocycles. The predicted molar refractivity (Wildman–Crippen MR) is 134 cm³/mol. The Balaban J connectivity index is 1.22. The van der Waals surface area contributed by atoms with Crippen molar-refractivity contribution in [3.05, 3.63) is 107 Å². The maximum Gasteiger partial charge on any atom is 0.115 e. The van der Waals surface area contributed by atoms with Gasteiger partial charge in [-0.15, -0.1) is 0 Å². The number of aromatic hydroxyl groups is 1. The van der Waals surface area contributed by atoms with Crippen LogP contribution in [0.25, 0.3) is 10.9 Å². The number of likely N-dealkylation sites (tertiary alicyclic amines) is 1. The molecular formula is C31H28N2O. The summed E-state index contributed by atoms with van der Waals surface area (Å²) < 4.78 is 0. The van der Waals surface area contributed by atoms with E-state index in [1.807, 2.05) is 6.07 Å². The first-order valence-corrected chi connectivity index (χ1v) is 12.6. The summed E-state index contributed by atoms with van der Waals surface area (Å²) in [6, 6.07) is 28.0. The van der Waals surface area contributed by atoms with Gasteiger partial charge in [-0.25, -0.2) is 0 Å². The number of pyridine rings is 1. The van der Waals surface area contributed by atoms with Crippen LogP contribution in [0.2, 0.25) is 0 Å². The third kappa shape index (κ3) is 2.15. The second-order valence-corrected chi connectivity index (χ2v) is 11.2. The minimum Gasteiger partial charge on any atom is -0.508 e. The Morgan fingerprint density at radius 2 is 1.56 bits per heavy atom. The van der Waals surface area contributed by atoms with Gasteiger partial charge in [-0.3, -0.25) is 4.98 Å². The number of fused-ring (bicyclic) bond motifs is 3. The van der Waals surface area contributed by atoms with E-state index in [4.69, 9.17) is 4.98 Å². The summed E-state index contributed by atoms with van der Waals surface area (Å²) in [5, 5.41) is 11.7. The Morgan fingerprint density at radius 3 is 2.41 bits per heavy atom. The van der Waals surface area contributed by atoms with Crippen LogP contribution >= 0.6 is 0 Å². The number of benzene rings is 3. The molecule has 1 N–H and O–H groups in total. The molecule has 1 saturated carbocycles. The lowest BCUT2D eigenvalue weighted by atomic mass is 9.72. The zero-order chi connectivity index (χ0) is 22.5. The van der Waals surface area contributed by atoms with E-state index >= 15 is 0 Å². The second-order valence-electron chi connectivity index (χ2n) is 11.2. The third-order valence-corrected chi connectivity index (χ3v) is 9.90. The quantitative estimate of drug-likeness (QED) is 0.479. The first kappa shape index (κ1) is 19.2. The van der Waals surface area contributed by atoms with Gasteiger partial charge in [0.2, 0.25) is 0 Å². The molecule has 4 aliphatic rings. The molecule has 1 aromatic heterocycles. The zero-order valence-electron chi connectivity index (χ0n) is 19.3. The molecule has 3 atom stereocenters. The van der Waals surface area contributed by atoms with Crippen molar-refractivity contribution in [2.75, 3.05) is 19.6 Å².